The van der Waals surface area contributed by atoms with E-state index in [2.05, 4.69) is 17.2 Å². The number of benzene rings is 1. The van der Waals surface area contributed by atoms with Gasteiger partial charge in [-0.2, -0.15) is 0 Å². The number of ether oxygens (including phenoxy) is 1. The van der Waals surface area contributed by atoms with Crippen molar-refractivity contribution in [1.82, 2.24) is 5.32 Å². The van der Waals surface area contributed by atoms with E-state index in [0.717, 1.165) is 18.7 Å². The molecule has 0 fully saturated rings. The number of nitrogens with two attached hydrogens (primary N) is 1. The molecule has 0 spiro atoms. The van der Waals surface area contributed by atoms with Gasteiger partial charge in [-0.05, 0) is 24.6 Å². The van der Waals surface area contributed by atoms with Gasteiger partial charge in [-0.1, -0.05) is 12.1 Å². The minimum atomic E-state index is 0.180. The molecule has 0 amide bonds. The van der Waals surface area contributed by atoms with Crippen LogP contribution in [0.25, 0.3) is 0 Å². The van der Waals surface area contributed by atoms with E-state index in [1.165, 1.54) is 5.56 Å². The van der Waals surface area contributed by atoms with Crippen LogP contribution in [0.15, 0.2) is 24.3 Å². The maximum atomic E-state index is 5.76. The van der Waals surface area contributed by atoms with E-state index in [-0.39, 0.29) is 6.04 Å². The molecule has 1 aromatic carbocycles. The van der Waals surface area contributed by atoms with Crippen molar-refractivity contribution < 1.29 is 4.74 Å². The molecule has 1 rings (SSSR count). The zero-order valence-corrected chi connectivity index (χ0v) is 10.5. The summed E-state index contributed by atoms with van der Waals surface area (Å²) >= 11 is 0. The van der Waals surface area contributed by atoms with Gasteiger partial charge in [0.25, 0.3) is 0 Å². The average Bonchev–Trinajstić information content (AvgIpc) is 2.39. The van der Waals surface area contributed by atoms with Gasteiger partial charge in [0.2, 0.25) is 0 Å². The van der Waals surface area contributed by atoms with E-state index in [4.69, 9.17) is 10.5 Å². The molecule has 1 atom stereocenters. The molecule has 0 aliphatic heterocycles. The lowest BCUT2D eigenvalue weighted by Crippen LogP contribution is -2.28. The van der Waals surface area contributed by atoms with Crippen LogP contribution in [0.1, 0.15) is 24.9 Å². The van der Waals surface area contributed by atoms with E-state index in [1.54, 1.807) is 7.11 Å². The lowest BCUT2D eigenvalue weighted by atomic mass is 10.1. The first kappa shape index (κ1) is 13.6. The molecule has 3 heteroatoms. The molecule has 0 aliphatic carbocycles. The highest BCUT2D eigenvalue weighted by Crippen LogP contribution is 2.16. The lowest BCUT2D eigenvalue weighted by molar-refractivity contribution is 0.414. The summed E-state index contributed by atoms with van der Waals surface area (Å²) < 4.78 is 5.13. The normalized spacial score (nSPS) is 11.5. The topological polar surface area (TPSA) is 47.3 Å². The van der Waals surface area contributed by atoms with Gasteiger partial charge in [0, 0.05) is 25.6 Å². The largest absolute Gasteiger partial charge is 0.497 e. The van der Waals surface area contributed by atoms with Crippen LogP contribution in [0.5, 0.6) is 5.75 Å². The third kappa shape index (κ3) is 4.48. The van der Waals surface area contributed by atoms with Gasteiger partial charge in [-0.15, -0.1) is 11.8 Å². The Bertz CT molecular complexity index is 375. The Morgan fingerprint density at radius 2 is 2.06 bits per heavy atom. The highest BCUT2D eigenvalue weighted by molar-refractivity contribution is 5.29. The number of nitrogens with one attached hydrogen (secondary N) is 1. The highest BCUT2D eigenvalue weighted by Gasteiger charge is 2.07. The molecular formula is C14H20N2O. The van der Waals surface area contributed by atoms with Crippen LogP contribution in [0.4, 0.5) is 0 Å². The first-order valence-electron chi connectivity index (χ1n) is 5.78. The first-order valence-corrected chi connectivity index (χ1v) is 5.78. The first-order chi connectivity index (χ1) is 8.31. The smallest absolute Gasteiger partial charge is 0.118 e. The Morgan fingerprint density at radius 1 is 1.35 bits per heavy atom. The second-order valence-electron chi connectivity index (χ2n) is 3.69. The zero-order chi connectivity index (χ0) is 12.5. The van der Waals surface area contributed by atoms with E-state index in [1.807, 2.05) is 31.2 Å². The fourth-order valence-electron chi connectivity index (χ4n) is 1.61. The minimum absolute atomic E-state index is 0.180. The predicted octanol–water partition coefficient (Wildman–Crippen LogP) is 1.70. The maximum absolute atomic E-state index is 5.76. The molecule has 3 nitrogen and oxygen atoms in total. The molecule has 0 aliphatic rings. The average molecular weight is 232 g/mol. The standard InChI is InChI=1S/C14H20N2O/c1-3-4-5-10-16-14(11-15)12-6-8-13(17-2)9-7-12/h6-9,14,16H,5,10-11,15H2,1-2H3. The van der Waals surface area contributed by atoms with Gasteiger partial charge in [0.05, 0.1) is 7.11 Å². The Kier molecular flexibility index (Phi) is 6.16. The molecule has 3 N–H and O–H groups in total. The van der Waals surface area contributed by atoms with Crippen molar-refractivity contribution in [3.63, 3.8) is 0 Å². The SMILES string of the molecule is CC#CCCNC(CN)c1ccc(OC)cc1. The molecule has 0 aromatic heterocycles. The predicted molar refractivity (Wildman–Crippen MR) is 70.9 cm³/mol. The van der Waals surface area contributed by atoms with Gasteiger partial charge < -0.3 is 15.8 Å². The summed E-state index contributed by atoms with van der Waals surface area (Å²) in [5, 5.41) is 3.39. The summed E-state index contributed by atoms with van der Waals surface area (Å²) in [6, 6.07) is 8.15. The van der Waals surface area contributed by atoms with Gasteiger partial charge >= 0.3 is 0 Å². The van der Waals surface area contributed by atoms with Crippen molar-refractivity contribution in [1.29, 1.82) is 0 Å². The van der Waals surface area contributed by atoms with Crippen molar-refractivity contribution in [3.05, 3.63) is 29.8 Å². The summed E-state index contributed by atoms with van der Waals surface area (Å²) in [4.78, 5) is 0. The summed E-state index contributed by atoms with van der Waals surface area (Å²) in [5.41, 5.74) is 6.94. The molecule has 0 saturated carbocycles. The molecular weight excluding hydrogens is 212 g/mol. The summed E-state index contributed by atoms with van der Waals surface area (Å²) in [5.74, 6) is 6.76. The van der Waals surface area contributed by atoms with E-state index < -0.39 is 0 Å². The third-order valence-electron chi connectivity index (χ3n) is 2.57. The Hall–Kier alpha value is -1.50. The number of methoxy groups -OCH3 is 1. The van der Waals surface area contributed by atoms with Crippen molar-refractivity contribution >= 4 is 0 Å². The minimum Gasteiger partial charge on any atom is -0.497 e. The van der Waals surface area contributed by atoms with Crippen LogP contribution in [-0.2, 0) is 0 Å². The summed E-state index contributed by atoms with van der Waals surface area (Å²) in [7, 11) is 1.66. The van der Waals surface area contributed by atoms with E-state index in [0.29, 0.717) is 6.54 Å². The second kappa shape index (κ2) is 7.72. The number of hydrogen-bond donors (Lipinski definition) is 2. The van der Waals surface area contributed by atoms with Crippen molar-refractivity contribution in [2.45, 2.75) is 19.4 Å². The molecule has 0 heterocycles. The number of hydrogen-bond acceptors (Lipinski definition) is 3. The molecule has 0 saturated heterocycles. The molecule has 17 heavy (non-hydrogen) atoms. The van der Waals surface area contributed by atoms with Gasteiger partial charge in [0.15, 0.2) is 0 Å². The maximum Gasteiger partial charge on any atom is 0.118 e. The summed E-state index contributed by atoms with van der Waals surface area (Å²) in [6.07, 6.45) is 0.850. The quantitative estimate of drug-likeness (QED) is 0.579. The lowest BCUT2D eigenvalue weighted by Gasteiger charge is -2.16. The van der Waals surface area contributed by atoms with Crippen LogP contribution in [0.2, 0.25) is 0 Å². The fourth-order valence-corrected chi connectivity index (χ4v) is 1.61. The van der Waals surface area contributed by atoms with Gasteiger partial charge in [0.1, 0.15) is 5.75 Å². The second-order valence-corrected chi connectivity index (χ2v) is 3.69. The Labute approximate surface area is 103 Å². The van der Waals surface area contributed by atoms with E-state index in [9.17, 15) is 0 Å². The highest BCUT2D eigenvalue weighted by atomic mass is 16.5. The molecule has 0 bridgehead atoms. The molecule has 0 radical (unpaired) electrons. The van der Waals surface area contributed by atoms with Gasteiger partial charge in [-0.3, -0.25) is 0 Å². The molecule has 92 valence electrons. The summed E-state index contributed by atoms with van der Waals surface area (Å²) in [6.45, 7) is 3.28. The van der Waals surface area contributed by atoms with Crippen LogP contribution < -0.4 is 15.8 Å². The zero-order valence-electron chi connectivity index (χ0n) is 10.5. The van der Waals surface area contributed by atoms with E-state index >= 15 is 0 Å². The molecule has 1 aromatic rings. The monoisotopic (exact) mass is 232 g/mol. The fraction of sp³-hybridized carbons (Fsp3) is 0.429. The van der Waals surface area contributed by atoms with Crippen molar-refractivity contribution in [2.24, 2.45) is 5.73 Å². The van der Waals surface area contributed by atoms with Crippen LogP contribution in [-0.4, -0.2) is 20.2 Å². The van der Waals surface area contributed by atoms with Crippen LogP contribution in [0, 0.1) is 11.8 Å². The Morgan fingerprint density at radius 3 is 2.59 bits per heavy atom. The third-order valence-corrected chi connectivity index (χ3v) is 2.57. The van der Waals surface area contributed by atoms with Crippen molar-refractivity contribution in [3.8, 4) is 17.6 Å². The van der Waals surface area contributed by atoms with Crippen LogP contribution >= 0.6 is 0 Å². The van der Waals surface area contributed by atoms with Crippen LogP contribution in [0.3, 0.4) is 0 Å². The van der Waals surface area contributed by atoms with Crippen molar-refractivity contribution in [2.75, 3.05) is 20.2 Å². The number of rotatable bonds is 6. The Balaban J connectivity index is 2.55. The van der Waals surface area contributed by atoms with Gasteiger partial charge in [-0.25, -0.2) is 0 Å². The molecule has 1 unspecified atom stereocenters.